The van der Waals surface area contributed by atoms with Gasteiger partial charge in [0.1, 0.15) is 5.76 Å². The summed E-state index contributed by atoms with van der Waals surface area (Å²) in [6.45, 7) is 7.58. The van der Waals surface area contributed by atoms with E-state index in [2.05, 4.69) is 10.1 Å². The fourth-order valence-electron chi connectivity index (χ4n) is 2.60. The van der Waals surface area contributed by atoms with Crippen LogP contribution in [0.15, 0.2) is 27.3 Å². The lowest BCUT2D eigenvalue weighted by Gasteiger charge is -2.34. The molecule has 1 amide bonds. The molecule has 1 fully saturated rings. The van der Waals surface area contributed by atoms with E-state index in [-0.39, 0.29) is 5.91 Å². The number of rotatable bonds is 3. The van der Waals surface area contributed by atoms with Crippen molar-refractivity contribution >= 4 is 5.91 Å². The number of nitrogens with zero attached hydrogens (tertiary/aromatic N) is 3. The molecule has 2 aromatic rings. The molecular weight excluding hydrogens is 270 g/mol. The zero-order valence-corrected chi connectivity index (χ0v) is 12.3. The van der Waals surface area contributed by atoms with Crippen LogP contribution in [0.5, 0.6) is 0 Å². The predicted octanol–water partition coefficient (Wildman–Crippen LogP) is 1.84. The van der Waals surface area contributed by atoms with Crippen molar-refractivity contribution < 1.29 is 13.7 Å². The molecule has 3 rings (SSSR count). The molecule has 0 bridgehead atoms. The highest BCUT2D eigenvalue weighted by Gasteiger charge is 2.24. The summed E-state index contributed by atoms with van der Waals surface area (Å²) in [4.78, 5) is 16.5. The average Bonchev–Trinajstić information content (AvgIpc) is 3.08. The van der Waals surface area contributed by atoms with Gasteiger partial charge in [-0.1, -0.05) is 5.16 Å². The number of hydrogen-bond acceptors (Lipinski definition) is 5. The maximum atomic E-state index is 12.4. The Hall–Kier alpha value is -2.08. The van der Waals surface area contributed by atoms with Crippen molar-refractivity contribution in [3.05, 3.63) is 41.2 Å². The lowest BCUT2D eigenvalue weighted by Crippen LogP contribution is -2.48. The van der Waals surface area contributed by atoms with Gasteiger partial charge in [-0.3, -0.25) is 9.69 Å². The van der Waals surface area contributed by atoms with E-state index in [0.29, 0.717) is 11.3 Å². The van der Waals surface area contributed by atoms with Crippen LogP contribution in [0.3, 0.4) is 0 Å². The van der Waals surface area contributed by atoms with Gasteiger partial charge in [-0.15, -0.1) is 0 Å². The lowest BCUT2D eigenvalue weighted by atomic mass is 10.2. The Morgan fingerprint density at radius 1 is 1.29 bits per heavy atom. The Labute approximate surface area is 123 Å². The number of aromatic nitrogens is 1. The summed E-state index contributed by atoms with van der Waals surface area (Å²) in [6.07, 6.45) is 1.56. The van der Waals surface area contributed by atoms with Crippen LogP contribution in [0.4, 0.5) is 0 Å². The first-order valence-corrected chi connectivity index (χ1v) is 7.11. The van der Waals surface area contributed by atoms with Crippen LogP contribution in [0.25, 0.3) is 0 Å². The largest absolute Gasteiger partial charge is 0.469 e. The monoisotopic (exact) mass is 289 g/mol. The number of carbonyl (C=O) groups excluding carboxylic acids is 1. The van der Waals surface area contributed by atoms with Crippen molar-refractivity contribution in [3.8, 4) is 0 Å². The highest BCUT2D eigenvalue weighted by atomic mass is 16.5. The Morgan fingerprint density at radius 3 is 2.62 bits per heavy atom. The maximum absolute atomic E-state index is 12.4. The summed E-state index contributed by atoms with van der Waals surface area (Å²) in [5, 5.41) is 3.89. The molecule has 21 heavy (non-hydrogen) atoms. The maximum Gasteiger partial charge on any atom is 0.257 e. The molecule has 0 saturated carbocycles. The summed E-state index contributed by atoms with van der Waals surface area (Å²) < 4.78 is 10.4. The summed E-state index contributed by atoms with van der Waals surface area (Å²) in [5.74, 6) is 1.61. The van der Waals surface area contributed by atoms with Crippen molar-refractivity contribution in [2.75, 3.05) is 26.2 Å². The molecule has 2 aromatic heterocycles. The Kier molecular flexibility index (Phi) is 3.79. The number of carbonyl (C=O) groups is 1. The molecule has 0 aliphatic carbocycles. The SMILES string of the molecule is Cc1cc(CN2CCN(C(=O)c3ccoc3C)CC2)on1. The Bertz CT molecular complexity index is 624. The first kappa shape index (κ1) is 13.9. The second-order valence-corrected chi connectivity index (χ2v) is 5.39. The molecule has 1 aliphatic heterocycles. The second kappa shape index (κ2) is 5.73. The number of amides is 1. The normalized spacial score (nSPS) is 16.4. The highest BCUT2D eigenvalue weighted by Crippen LogP contribution is 2.15. The fourth-order valence-corrected chi connectivity index (χ4v) is 2.60. The number of furan rings is 1. The van der Waals surface area contributed by atoms with E-state index < -0.39 is 0 Å². The van der Waals surface area contributed by atoms with E-state index >= 15 is 0 Å². The summed E-state index contributed by atoms with van der Waals surface area (Å²) in [5.41, 5.74) is 1.56. The topological polar surface area (TPSA) is 62.7 Å². The van der Waals surface area contributed by atoms with Gasteiger partial charge >= 0.3 is 0 Å². The summed E-state index contributed by atoms with van der Waals surface area (Å²) >= 11 is 0. The van der Waals surface area contributed by atoms with Gasteiger partial charge in [0, 0.05) is 32.2 Å². The van der Waals surface area contributed by atoms with E-state index in [9.17, 15) is 4.79 Å². The van der Waals surface area contributed by atoms with E-state index in [1.165, 1.54) is 0 Å². The molecule has 0 N–H and O–H groups in total. The third-order valence-corrected chi connectivity index (χ3v) is 3.80. The van der Waals surface area contributed by atoms with Crippen LogP contribution in [-0.4, -0.2) is 47.0 Å². The molecule has 1 aliphatic rings. The van der Waals surface area contributed by atoms with Gasteiger partial charge < -0.3 is 13.8 Å². The van der Waals surface area contributed by atoms with Gasteiger partial charge in [-0.05, 0) is 19.9 Å². The number of piperazine rings is 1. The third kappa shape index (κ3) is 3.00. The molecule has 112 valence electrons. The van der Waals surface area contributed by atoms with E-state index in [1.54, 1.807) is 12.3 Å². The summed E-state index contributed by atoms with van der Waals surface area (Å²) in [6, 6.07) is 3.69. The minimum Gasteiger partial charge on any atom is -0.469 e. The van der Waals surface area contributed by atoms with E-state index in [0.717, 1.165) is 44.2 Å². The third-order valence-electron chi connectivity index (χ3n) is 3.80. The minimum atomic E-state index is 0.0522. The molecule has 0 radical (unpaired) electrons. The van der Waals surface area contributed by atoms with Crippen molar-refractivity contribution in [3.63, 3.8) is 0 Å². The van der Waals surface area contributed by atoms with Gasteiger partial charge in [0.25, 0.3) is 5.91 Å². The Morgan fingerprint density at radius 2 is 2.05 bits per heavy atom. The number of aryl methyl sites for hydroxylation is 2. The fraction of sp³-hybridized carbons (Fsp3) is 0.467. The van der Waals surface area contributed by atoms with Crippen molar-refractivity contribution in [2.24, 2.45) is 0 Å². The van der Waals surface area contributed by atoms with Crippen molar-refractivity contribution in [1.82, 2.24) is 15.0 Å². The zero-order chi connectivity index (χ0) is 14.8. The van der Waals surface area contributed by atoms with Crippen LogP contribution in [-0.2, 0) is 6.54 Å². The molecule has 0 atom stereocenters. The Balaban J connectivity index is 1.55. The molecular formula is C15H19N3O3. The zero-order valence-electron chi connectivity index (χ0n) is 12.3. The molecule has 6 nitrogen and oxygen atoms in total. The van der Waals surface area contributed by atoms with Crippen molar-refractivity contribution in [1.29, 1.82) is 0 Å². The quantitative estimate of drug-likeness (QED) is 0.862. The van der Waals surface area contributed by atoms with Gasteiger partial charge in [0.2, 0.25) is 0 Å². The van der Waals surface area contributed by atoms with Crippen LogP contribution >= 0.6 is 0 Å². The molecule has 0 aromatic carbocycles. The van der Waals surface area contributed by atoms with Gasteiger partial charge in [0.05, 0.1) is 24.1 Å². The molecule has 0 unspecified atom stereocenters. The first-order chi connectivity index (χ1) is 10.1. The average molecular weight is 289 g/mol. The smallest absolute Gasteiger partial charge is 0.257 e. The van der Waals surface area contributed by atoms with Gasteiger partial charge in [-0.2, -0.15) is 0 Å². The molecule has 3 heterocycles. The van der Waals surface area contributed by atoms with Crippen LogP contribution in [0.2, 0.25) is 0 Å². The number of hydrogen-bond donors (Lipinski definition) is 0. The van der Waals surface area contributed by atoms with Gasteiger partial charge in [0.15, 0.2) is 5.76 Å². The van der Waals surface area contributed by atoms with Gasteiger partial charge in [-0.25, -0.2) is 0 Å². The molecule has 1 saturated heterocycles. The summed E-state index contributed by atoms with van der Waals surface area (Å²) in [7, 11) is 0. The van der Waals surface area contributed by atoms with Crippen LogP contribution < -0.4 is 0 Å². The standard InChI is InChI=1S/C15H19N3O3/c1-11-9-13(21-16-11)10-17-4-6-18(7-5-17)15(19)14-3-8-20-12(14)2/h3,8-9H,4-7,10H2,1-2H3. The lowest BCUT2D eigenvalue weighted by molar-refractivity contribution is 0.0616. The van der Waals surface area contributed by atoms with Crippen LogP contribution in [0, 0.1) is 13.8 Å². The predicted molar refractivity (Wildman–Crippen MR) is 75.9 cm³/mol. The minimum absolute atomic E-state index is 0.0522. The second-order valence-electron chi connectivity index (χ2n) is 5.39. The van der Waals surface area contributed by atoms with E-state index in [1.807, 2.05) is 24.8 Å². The van der Waals surface area contributed by atoms with Crippen LogP contribution in [0.1, 0.15) is 27.6 Å². The molecule has 6 heteroatoms. The van der Waals surface area contributed by atoms with E-state index in [4.69, 9.17) is 8.94 Å². The van der Waals surface area contributed by atoms with Crippen molar-refractivity contribution in [2.45, 2.75) is 20.4 Å². The highest BCUT2D eigenvalue weighted by molar-refractivity contribution is 5.95. The molecule has 0 spiro atoms. The first-order valence-electron chi connectivity index (χ1n) is 7.11.